The molecule has 6 nitrogen and oxygen atoms in total. The van der Waals surface area contributed by atoms with Crippen LogP contribution in [-0.2, 0) is 22.4 Å². The zero-order valence-electron chi connectivity index (χ0n) is 13.3. The van der Waals surface area contributed by atoms with Crippen molar-refractivity contribution in [2.45, 2.75) is 12.8 Å². The Morgan fingerprint density at radius 2 is 1.91 bits per heavy atom. The Morgan fingerprint density at radius 3 is 2.48 bits per heavy atom. The summed E-state index contributed by atoms with van der Waals surface area (Å²) in [5, 5.41) is 0.263. The number of halogens is 1. The van der Waals surface area contributed by atoms with Crippen LogP contribution in [0, 0.1) is 0 Å². The standard InChI is InChI=1S/C16H19ClN4O2/c1-21(2)16-12(9-14(22)23-3)15(17)19-13(20-16)8-10-4-6-11(18)7-5-10/h4-7H,8-9,18H2,1-3H3. The summed E-state index contributed by atoms with van der Waals surface area (Å²) in [5.41, 5.74) is 7.98. The Balaban J connectivity index is 2.35. The number of carbonyl (C=O) groups excluding carboxylic acids is 1. The van der Waals surface area contributed by atoms with Gasteiger partial charge in [-0.25, -0.2) is 9.97 Å². The number of ether oxygens (including phenoxy) is 1. The van der Waals surface area contributed by atoms with Crippen molar-refractivity contribution in [3.05, 3.63) is 46.4 Å². The van der Waals surface area contributed by atoms with Crippen LogP contribution < -0.4 is 10.6 Å². The highest BCUT2D eigenvalue weighted by molar-refractivity contribution is 6.30. The summed E-state index contributed by atoms with van der Waals surface area (Å²) in [7, 11) is 5.01. The van der Waals surface area contributed by atoms with Gasteiger partial charge < -0.3 is 15.4 Å². The molecule has 7 heteroatoms. The molecule has 2 rings (SSSR count). The first-order chi connectivity index (χ1) is 10.9. The molecule has 0 radical (unpaired) electrons. The second-order valence-corrected chi connectivity index (χ2v) is 5.66. The fourth-order valence-electron chi connectivity index (χ4n) is 2.12. The molecule has 0 saturated carbocycles. The highest BCUT2D eigenvalue weighted by atomic mass is 35.5. The average Bonchev–Trinajstić information content (AvgIpc) is 2.51. The summed E-state index contributed by atoms with van der Waals surface area (Å²) in [6.07, 6.45) is 0.560. The number of anilines is 2. The molecule has 0 bridgehead atoms. The van der Waals surface area contributed by atoms with Crippen molar-refractivity contribution in [1.82, 2.24) is 9.97 Å². The largest absolute Gasteiger partial charge is 0.469 e. The van der Waals surface area contributed by atoms with Crippen molar-refractivity contribution in [3.8, 4) is 0 Å². The van der Waals surface area contributed by atoms with Crippen molar-refractivity contribution in [1.29, 1.82) is 0 Å². The summed E-state index contributed by atoms with van der Waals surface area (Å²) >= 11 is 6.27. The van der Waals surface area contributed by atoms with Gasteiger partial charge in [0.1, 0.15) is 16.8 Å². The summed E-state index contributed by atoms with van der Waals surface area (Å²) in [6, 6.07) is 7.50. The molecule has 1 aromatic carbocycles. The average molecular weight is 335 g/mol. The number of nitrogens with zero attached hydrogens (tertiary/aromatic N) is 3. The quantitative estimate of drug-likeness (QED) is 0.512. The lowest BCUT2D eigenvalue weighted by Gasteiger charge is -2.17. The molecule has 122 valence electrons. The van der Waals surface area contributed by atoms with E-state index in [1.165, 1.54) is 7.11 Å². The molecule has 0 atom stereocenters. The number of nitrogens with two attached hydrogens (primary N) is 1. The van der Waals surface area contributed by atoms with E-state index >= 15 is 0 Å². The first kappa shape index (κ1) is 17.0. The Bertz CT molecular complexity index is 702. The molecule has 0 spiro atoms. The topological polar surface area (TPSA) is 81.3 Å². The van der Waals surface area contributed by atoms with Gasteiger partial charge in [-0.15, -0.1) is 0 Å². The highest BCUT2D eigenvalue weighted by Crippen LogP contribution is 2.25. The second-order valence-electron chi connectivity index (χ2n) is 5.30. The van der Waals surface area contributed by atoms with E-state index in [4.69, 9.17) is 22.1 Å². The molecule has 1 heterocycles. The van der Waals surface area contributed by atoms with Crippen LogP contribution in [-0.4, -0.2) is 37.1 Å². The molecule has 0 aliphatic carbocycles. The van der Waals surface area contributed by atoms with Crippen molar-refractivity contribution < 1.29 is 9.53 Å². The molecular formula is C16H19ClN4O2. The smallest absolute Gasteiger partial charge is 0.310 e. The van der Waals surface area contributed by atoms with E-state index in [-0.39, 0.29) is 17.5 Å². The van der Waals surface area contributed by atoms with Crippen LogP contribution >= 0.6 is 11.6 Å². The third kappa shape index (κ3) is 4.32. The maximum Gasteiger partial charge on any atom is 0.310 e. The lowest BCUT2D eigenvalue weighted by atomic mass is 10.1. The third-order valence-corrected chi connectivity index (χ3v) is 3.61. The first-order valence-corrected chi connectivity index (χ1v) is 7.42. The van der Waals surface area contributed by atoms with Gasteiger partial charge in [0.05, 0.1) is 13.5 Å². The molecule has 0 aliphatic heterocycles. The van der Waals surface area contributed by atoms with E-state index in [9.17, 15) is 4.79 Å². The second kappa shape index (κ2) is 7.28. The number of aromatic nitrogens is 2. The number of methoxy groups -OCH3 is 1. The van der Waals surface area contributed by atoms with Crippen LogP contribution in [0.3, 0.4) is 0 Å². The lowest BCUT2D eigenvalue weighted by Crippen LogP contribution is -2.18. The maximum atomic E-state index is 11.5. The van der Waals surface area contributed by atoms with Gasteiger partial charge >= 0.3 is 5.97 Å². The van der Waals surface area contributed by atoms with Crippen LogP contribution in [0.2, 0.25) is 5.15 Å². The number of nitrogen functional groups attached to an aromatic ring is 1. The van der Waals surface area contributed by atoms with Gasteiger partial charge in [0.15, 0.2) is 0 Å². The monoisotopic (exact) mass is 334 g/mol. The summed E-state index contributed by atoms with van der Waals surface area (Å²) in [4.78, 5) is 22.2. The molecular weight excluding hydrogens is 316 g/mol. The third-order valence-electron chi connectivity index (χ3n) is 3.30. The Morgan fingerprint density at radius 1 is 1.26 bits per heavy atom. The zero-order valence-corrected chi connectivity index (χ0v) is 14.1. The van der Waals surface area contributed by atoms with Gasteiger partial charge in [0, 0.05) is 31.8 Å². The Labute approximate surface area is 140 Å². The van der Waals surface area contributed by atoms with Gasteiger partial charge in [0.2, 0.25) is 0 Å². The molecule has 2 N–H and O–H groups in total. The summed E-state index contributed by atoms with van der Waals surface area (Å²) in [5.74, 6) is 0.808. The molecule has 0 amide bonds. The van der Waals surface area contributed by atoms with Gasteiger partial charge in [0.25, 0.3) is 0 Å². The number of carbonyl (C=O) groups is 1. The van der Waals surface area contributed by atoms with E-state index in [0.29, 0.717) is 29.3 Å². The predicted molar refractivity (Wildman–Crippen MR) is 90.7 cm³/mol. The minimum atomic E-state index is -0.384. The Hall–Kier alpha value is -2.34. The summed E-state index contributed by atoms with van der Waals surface area (Å²) < 4.78 is 4.70. The number of hydrogen-bond donors (Lipinski definition) is 1. The van der Waals surface area contributed by atoms with Crippen LogP contribution in [0.15, 0.2) is 24.3 Å². The number of hydrogen-bond acceptors (Lipinski definition) is 6. The highest BCUT2D eigenvalue weighted by Gasteiger charge is 2.18. The van der Waals surface area contributed by atoms with Crippen LogP contribution in [0.5, 0.6) is 0 Å². The molecule has 0 saturated heterocycles. The normalized spacial score (nSPS) is 10.4. The first-order valence-electron chi connectivity index (χ1n) is 7.04. The molecule has 23 heavy (non-hydrogen) atoms. The molecule has 2 aromatic rings. The van der Waals surface area contributed by atoms with Crippen molar-refractivity contribution in [2.24, 2.45) is 0 Å². The van der Waals surface area contributed by atoms with Crippen LogP contribution in [0.25, 0.3) is 0 Å². The van der Waals surface area contributed by atoms with Crippen LogP contribution in [0.1, 0.15) is 17.0 Å². The van der Waals surface area contributed by atoms with E-state index < -0.39 is 0 Å². The SMILES string of the molecule is COC(=O)Cc1c(Cl)nc(Cc2ccc(N)cc2)nc1N(C)C. The fraction of sp³-hybridized carbons (Fsp3) is 0.312. The predicted octanol–water partition coefficient (Wildman–Crippen LogP) is 2.08. The van der Waals surface area contributed by atoms with Gasteiger partial charge in [-0.05, 0) is 17.7 Å². The lowest BCUT2D eigenvalue weighted by molar-refractivity contribution is -0.139. The summed E-state index contributed by atoms with van der Waals surface area (Å²) in [6.45, 7) is 0. The van der Waals surface area contributed by atoms with Crippen molar-refractivity contribution >= 4 is 29.1 Å². The van der Waals surface area contributed by atoms with Crippen molar-refractivity contribution in [3.63, 3.8) is 0 Å². The number of rotatable bonds is 5. The van der Waals surface area contributed by atoms with Gasteiger partial charge in [-0.2, -0.15) is 0 Å². The minimum absolute atomic E-state index is 0.0327. The Kier molecular flexibility index (Phi) is 5.39. The minimum Gasteiger partial charge on any atom is -0.469 e. The van der Waals surface area contributed by atoms with Gasteiger partial charge in [-0.1, -0.05) is 23.7 Å². The van der Waals surface area contributed by atoms with E-state index in [0.717, 1.165) is 5.56 Å². The van der Waals surface area contributed by atoms with E-state index in [2.05, 4.69) is 9.97 Å². The van der Waals surface area contributed by atoms with E-state index in [1.807, 2.05) is 38.4 Å². The molecule has 0 fully saturated rings. The fourth-order valence-corrected chi connectivity index (χ4v) is 2.37. The zero-order chi connectivity index (χ0) is 17.0. The number of esters is 1. The molecule has 0 aliphatic rings. The van der Waals surface area contributed by atoms with Crippen molar-refractivity contribution in [2.75, 3.05) is 31.8 Å². The van der Waals surface area contributed by atoms with E-state index in [1.54, 1.807) is 4.90 Å². The number of benzene rings is 1. The van der Waals surface area contributed by atoms with Gasteiger partial charge in [-0.3, -0.25) is 4.79 Å². The molecule has 0 unspecified atom stereocenters. The molecule has 1 aromatic heterocycles. The maximum absolute atomic E-state index is 11.5. The van der Waals surface area contributed by atoms with Crippen LogP contribution in [0.4, 0.5) is 11.5 Å².